The number of ketones is 1. The Kier molecular flexibility index (Phi) is 6.27. The molecule has 1 saturated heterocycles. The third-order valence-electron chi connectivity index (χ3n) is 11.4. The predicted molar refractivity (Wildman–Crippen MR) is 125 cm³/mol. The maximum atomic E-state index is 12.4. The highest BCUT2D eigenvalue weighted by molar-refractivity contribution is 5.80. The van der Waals surface area contributed by atoms with E-state index in [-0.39, 0.29) is 34.6 Å². The zero-order chi connectivity index (χ0) is 24.6. The average molecular weight is 481 g/mol. The summed E-state index contributed by atoms with van der Waals surface area (Å²) in [7, 11) is 0. The molecule has 7 heteroatoms. The molecule has 0 amide bonds. The molecule has 1 heterocycles. The van der Waals surface area contributed by atoms with Crippen LogP contribution >= 0.6 is 0 Å². The van der Waals surface area contributed by atoms with E-state index in [1.165, 1.54) is 0 Å². The maximum absolute atomic E-state index is 12.4. The van der Waals surface area contributed by atoms with Crippen LogP contribution in [0, 0.1) is 34.5 Å². The highest BCUT2D eigenvalue weighted by atomic mass is 16.7. The third-order valence-corrected chi connectivity index (χ3v) is 11.4. The van der Waals surface area contributed by atoms with Crippen LogP contribution in [0.4, 0.5) is 0 Å². The molecule has 0 aromatic rings. The minimum Gasteiger partial charge on any atom is -0.389 e. The highest BCUT2D eigenvalue weighted by Gasteiger charge is 2.67. The van der Waals surface area contributed by atoms with Crippen LogP contribution < -0.4 is 0 Å². The van der Waals surface area contributed by atoms with E-state index in [9.17, 15) is 25.2 Å². The predicted octanol–water partition coefficient (Wildman–Crippen LogP) is 2.56. The van der Waals surface area contributed by atoms with Crippen molar-refractivity contribution in [2.45, 2.75) is 128 Å². The minimum absolute atomic E-state index is 0.0219. The number of aliphatic hydroxyl groups is 4. The summed E-state index contributed by atoms with van der Waals surface area (Å²) in [5.41, 5.74) is -0.927. The van der Waals surface area contributed by atoms with Crippen LogP contribution in [-0.2, 0) is 14.3 Å². The summed E-state index contributed by atoms with van der Waals surface area (Å²) in [5, 5.41) is 42.6. The van der Waals surface area contributed by atoms with Crippen LogP contribution in [-0.4, -0.2) is 68.6 Å². The molecule has 5 rings (SSSR count). The minimum atomic E-state index is -1.28. The van der Waals surface area contributed by atoms with Gasteiger partial charge >= 0.3 is 0 Å². The van der Waals surface area contributed by atoms with Gasteiger partial charge < -0.3 is 29.9 Å². The standard InChI is InChI=1S/C27H44O7/c1-14(28)18-9-12-27(32)20-6-5-16-13-17(34-24-23(31)22(30)21(29)15(2)33-24)7-10-25(16,3)19(20)8-11-26(18,27)4/h15-24,29-32H,5-13H2,1-4H3/t15-,16+,17-,18+,19-,20+,21-,22+,23+,24-,25-,26+,27-/m0/s1. The molecule has 0 unspecified atom stereocenters. The Hall–Kier alpha value is -0.570. The fourth-order valence-corrected chi connectivity index (χ4v) is 9.28. The van der Waals surface area contributed by atoms with Gasteiger partial charge in [-0.3, -0.25) is 4.79 Å². The molecule has 0 spiro atoms. The maximum Gasteiger partial charge on any atom is 0.186 e. The van der Waals surface area contributed by atoms with Gasteiger partial charge in [-0.15, -0.1) is 0 Å². The lowest BCUT2D eigenvalue weighted by Gasteiger charge is -2.63. The molecule has 4 saturated carbocycles. The Morgan fingerprint density at radius 3 is 2.35 bits per heavy atom. The van der Waals surface area contributed by atoms with E-state index in [1.54, 1.807) is 13.8 Å². The van der Waals surface area contributed by atoms with Gasteiger partial charge in [-0.05, 0) is 94.8 Å². The van der Waals surface area contributed by atoms with Gasteiger partial charge in [0.15, 0.2) is 6.29 Å². The van der Waals surface area contributed by atoms with Crippen LogP contribution in [0.5, 0.6) is 0 Å². The number of aliphatic hydroxyl groups excluding tert-OH is 3. The molecule has 4 N–H and O–H groups in total. The van der Waals surface area contributed by atoms with Gasteiger partial charge in [0.05, 0.1) is 17.8 Å². The molecule has 13 atom stereocenters. The zero-order valence-electron chi connectivity index (χ0n) is 21.2. The van der Waals surface area contributed by atoms with Crippen molar-refractivity contribution < 1.29 is 34.7 Å². The Morgan fingerprint density at radius 2 is 1.65 bits per heavy atom. The first-order chi connectivity index (χ1) is 15.9. The van der Waals surface area contributed by atoms with E-state index < -0.39 is 36.3 Å². The van der Waals surface area contributed by atoms with E-state index in [1.807, 2.05) is 0 Å². The Morgan fingerprint density at radius 1 is 0.912 bits per heavy atom. The van der Waals surface area contributed by atoms with Crippen LogP contribution in [0.2, 0.25) is 0 Å². The average Bonchev–Trinajstić information content (AvgIpc) is 3.07. The van der Waals surface area contributed by atoms with Gasteiger partial charge in [-0.25, -0.2) is 0 Å². The number of Topliss-reactive ketones (excluding diaryl/α,β-unsaturated/α-hetero) is 1. The van der Waals surface area contributed by atoms with Crippen molar-refractivity contribution in [1.82, 2.24) is 0 Å². The Labute approximate surface area is 203 Å². The fourth-order valence-electron chi connectivity index (χ4n) is 9.28. The fraction of sp³-hybridized carbons (Fsp3) is 0.963. The summed E-state index contributed by atoms with van der Waals surface area (Å²) in [6.07, 6.45) is 3.01. The molecule has 7 nitrogen and oxygen atoms in total. The van der Waals surface area contributed by atoms with Crippen molar-refractivity contribution >= 4 is 5.78 Å². The molecule has 5 aliphatic rings. The summed E-state index contributed by atoms with van der Waals surface area (Å²) in [6.45, 7) is 7.95. The Bertz CT molecular complexity index is 804. The summed E-state index contributed by atoms with van der Waals surface area (Å²) < 4.78 is 11.9. The number of ether oxygens (including phenoxy) is 2. The van der Waals surface area contributed by atoms with Crippen molar-refractivity contribution in [3.05, 3.63) is 0 Å². The summed E-state index contributed by atoms with van der Waals surface area (Å²) >= 11 is 0. The molecule has 0 aromatic carbocycles. The van der Waals surface area contributed by atoms with Gasteiger partial charge in [-0.1, -0.05) is 13.8 Å². The second-order valence-electron chi connectivity index (χ2n) is 12.8. The lowest BCUT2D eigenvalue weighted by Crippen LogP contribution is -2.63. The molecule has 5 fully saturated rings. The summed E-state index contributed by atoms with van der Waals surface area (Å²) in [4.78, 5) is 12.4. The van der Waals surface area contributed by atoms with Crippen molar-refractivity contribution in [2.75, 3.05) is 0 Å². The highest BCUT2D eigenvalue weighted by Crippen LogP contribution is 2.69. The molecule has 194 valence electrons. The monoisotopic (exact) mass is 480 g/mol. The summed E-state index contributed by atoms with van der Waals surface area (Å²) in [5.74, 6) is 1.37. The topological polar surface area (TPSA) is 116 Å². The first-order valence-corrected chi connectivity index (χ1v) is 13.5. The number of carbonyl (C=O) groups is 1. The molecule has 0 bridgehead atoms. The van der Waals surface area contributed by atoms with E-state index >= 15 is 0 Å². The quantitative estimate of drug-likeness (QED) is 0.459. The van der Waals surface area contributed by atoms with Gasteiger partial charge in [-0.2, -0.15) is 0 Å². The molecule has 4 aliphatic carbocycles. The van der Waals surface area contributed by atoms with Gasteiger partial charge in [0, 0.05) is 11.3 Å². The molecular formula is C27H44O7. The normalized spacial score (nSPS) is 57.4. The van der Waals surface area contributed by atoms with E-state index in [0.29, 0.717) is 11.8 Å². The number of carbonyl (C=O) groups excluding carboxylic acids is 1. The van der Waals surface area contributed by atoms with Gasteiger partial charge in [0.1, 0.15) is 24.1 Å². The second kappa shape index (κ2) is 8.49. The van der Waals surface area contributed by atoms with E-state index in [2.05, 4.69) is 13.8 Å². The number of hydrogen-bond acceptors (Lipinski definition) is 7. The number of fused-ring (bicyclic) bond motifs is 5. The smallest absolute Gasteiger partial charge is 0.186 e. The number of hydrogen-bond donors (Lipinski definition) is 4. The van der Waals surface area contributed by atoms with Crippen molar-refractivity contribution in [1.29, 1.82) is 0 Å². The summed E-state index contributed by atoms with van der Waals surface area (Å²) in [6, 6.07) is 0. The zero-order valence-corrected chi connectivity index (χ0v) is 21.2. The molecule has 34 heavy (non-hydrogen) atoms. The van der Waals surface area contributed by atoms with Crippen LogP contribution in [0.1, 0.15) is 85.5 Å². The van der Waals surface area contributed by atoms with Crippen molar-refractivity contribution in [3.8, 4) is 0 Å². The largest absolute Gasteiger partial charge is 0.389 e. The van der Waals surface area contributed by atoms with Crippen LogP contribution in [0.3, 0.4) is 0 Å². The third kappa shape index (κ3) is 3.48. The van der Waals surface area contributed by atoms with E-state index in [0.717, 1.165) is 57.8 Å². The SMILES string of the molecule is CC(=O)[C@H]1CC[C@]2(O)[C@@H]3CC[C@@H]4C[C@@H](O[C@@H]5O[C@@H](C)[C@H](O)[C@@H](O)[C@H]5O)CC[C@]4(C)[C@H]3CC[C@]12C. The lowest BCUT2D eigenvalue weighted by atomic mass is 9.43. The first-order valence-electron chi connectivity index (χ1n) is 13.5. The van der Waals surface area contributed by atoms with Crippen LogP contribution in [0.15, 0.2) is 0 Å². The first kappa shape index (κ1) is 25.1. The van der Waals surface area contributed by atoms with Gasteiger partial charge in [0.25, 0.3) is 0 Å². The molecular weight excluding hydrogens is 436 g/mol. The number of rotatable bonds is 3. The molecule has 0 radical (unpaired) electrons. The van der Waals surface area contributed by atoms with E-state index in [4.69, 9.17) is 9.47 Å². The molecule has 0 aromatic heterocycles. The van der Waals surface area contributed by atoms with Gasteiger partial charge in [0.2, 0.25) is 0 Å². The second-order valence-corrected chi connectivity index (χ2v) is 12.8. The van der Waals surface area contributed by atoms with Crippen molar-refractivity contribution in [3.63, 3.8) is 0 Å². The molecule has 1 aliphatic heterocycles. The van der Waals surface area contributed by atoms with Crippen LogP contribution in [0.25, 0.3) is 0 Å². The van der Waals surface area contributed by atoms with Crippen molar-refractivity contribution in [2.24, 2.45) is 34.5 Å². The lowest BCUT2D eigenvalue weighted by molar-refractivity contribution is -0.310. The Balaban J connectivity index is 1.29.